The summed E-state index contributed by atoms with van der Waals surface area (Å²) in [7, 11) is 0. The lowest BCUT2D eigenvalue weighted by Gasteiger charge is -2.30. The van der Waals surface area contributed by atoms with Gasteiger partial charge in [0.2, 0.25) is 5.91 Å². The molecule has 2 heterocycles. The fraction of sp³-hybridized carbons (Fsp3) is 0.263. The second-order valence-corrected chi connectivity index (χ2v) is 8.76. The highest BCUT2D eigenvalue weighted by Crippen LogP contribution is 2.40. The molecule has 0 N–H and O–H groups in total. The quantitative estimate of drug-likeness (QED) is 0.594. The summed E-state index contributed by atoms with van der Waals surface area (Å²) in [5, 5.41) is 0.355. The largest absolute Gasteiger partial charge is 0.378 e. The number of thiazole rings is 1. The first-order valence-electron chi connectivity index (χ1n) is 8.35. The van der Waals surface area contributed by atoms with Crippen LogP contribution in [0.5, 0.6) is 0 Å². The molecule has 1 aliphatic rings. The Morgan fingerprint density at radius 1 is 1.19 bits per heavy atom. The Morgan fingerprint density at radius 2 is 1.96 bits per heavy atom. The van der Waals surface area contributed by atoms with Crippen molar-refractivity contribution in [2.75, 3.05) is 26.3 Å². The summed E-state index contributed by atoms with van der Waals surface area (Å²) in [4.78, 5) is 19.7. The molecule has 0 radical (unpaired) electrons. The van der Waals surface area contributed by atoms with Gasteiger partial charge in [0, 0.05) is 18.1 Å². The number of hydrogen-bond donors (Lipinski definition) is 0. The Bertz CT molecular complexity index is 910. The molecule has 0 bridgehead atoms. The van der Waals surface area contributed by atoms with Crippen molar-refractivity contribution < 1.29 is 9.53 Å². The van der Waals surface area contributed by atoms with Gasteiger partial charge in [0.15, 0.2) is 4.34 Å². The minimum absolute atomic E-state index is 0.113. The maximum absolute atomic E-state index is 13.2. The number of amides is 1. The first-order valence-corrected chi connectivity index (χ1v) is 10.4. The fourth-order valence-electron chi connectivity index (χ4n) is 2.87. The number of carbonyl (C=O) groups is 1. The van der Waals surface area contributed by atoms with Crippen molar-refractivity contribution in [1.29, 1.82) is 0 Å². The second kappa shape index (κ2) is 7.96. The number of ether oxygens (including phenoxy) is 1. The van der Waals surface area contributed by atoms with Gasteiger partial charge in [-0.25, -0.2) is 4.98 Å². The molecule has 3 aromatic rings. The summed E-state index contributed by atoms with van der Waals surface area (Å²) >= 11 is 9.17. The van der Waals surface area contributed by atoms with Gasteiger partial charge in [0.1, 0.15) is 5.25 Å². The number of fused-ring (bicyclic) bond motifs is 1. The highest BCUT2D eigenvalue weighted by Gasteiger charge is 2.29. The second-order valence-electron chi connectivity index (χ2n) is 5.94. The van der Waals surface area contributed by atoms with E-state index in [4.69, 9.17) is 16.3 Å². The van der Waals surface area contributed by atoms with Crippen molar-refractivity contribution in [1.82, 2.24) is 9.88 Å². The summed E-state index contributed by atoms with van der Waals surface area (Å²) in [6.45, 7) is 2.46. The van der Waals surface area contributed by atoms with E-state index in [1.165, 1.54) is 11.8 Å². The van der Waals surface area contributed by atoms with E-state index in [2.05, 4.69) is 4.98 Å². The molecule has 4 rings (SSSR count). The minimum atomic E-state index is -0.315. The van der Waals surface area contributed by atoms with Gasteiger partial charge in [0.05, 0.1) is 23.4 Å². The molecule has 0 unspecified atom stereocenters. The summed E-state index contributed by atoms with van der Waals surface area (Å²) in [6, 6.07) is 15.6. The van der Waals surface area contributed by atoms with Crippen molar-refractivity contribution in [3.63, 3.8) is 0 Å². The molecule has 134 valence electrons. The highest BCUT2D eigenvalue weighted by molar-refractivity contribution is 8.02. The molecule has 0 spiro atoms. The van der Waals surface area contributed by atoms with Crippen LogP contribution in [0.25, 0.3) is 10.2 Å². The Balaban J connectivity index is 1.64. The predicted molar refractivity (Wildman–Crippen MR) is 107 cm³/mol. The molecule has 1 aromatic heterocycles. The molecule has 1 aliphatic heterocycles. The van der Waals surface area contributed by atoms with E-state index in [0.29, 0.717) is 31.3 Å². The van der Waals surface area contributed by atoms with E-state index in [0.717, 1.165) is 20.1 Å². The number of aromatic nitrogens is 1. The van der Waals surface area contributed by atoms with Crippen molar-refractivity contribution in [2.24, 2.45) is 0 Å². The topological polar surface area (TPSA) is 42.4 Å². The van der Waals surface area contributed by atoms with Crippen molar-refractivity contribution in [3.05, 3.63) is 59.1 Å². The third-order valence-corrected chi connectivity index (χ3v) is 6.81. The van der Waals surface area contributed by atoms with Gasteiger partial charge >= 0.3 is 0 Å². The van der Waals surface area contributed by atoms with Crippen LogP contribution in [0.2, 0.25) is 5.02 Å². The maximum Gasteiger partial charge on any atom is 0.240 e. The molecule has 0 saturated carbocycles. The monoisotopic (exact) mass is 404 g/mol. The minimum Gasteiger partial charge on any atom is -0.378 e. The van der Waals surface area contributed by atoms with Crippen LogP contribution in [-0.4, -0.2) is 42.1 Å². The average molecular weight is 405 g/mol. The van der Waals surface area contributed by atoms with Gasteiger partial charge in [-0.1, -0.05) is 53.7 Å². The van der Waals surface area contributed by atoms with E-state index in [1.807, 2.05) is 53.4 Å². The van der Waals surface area contributed by atoms with E-state index < -0.39 is 0 Å². The number of thioether (sulfide) groups is 1. The van der Waals surface area contributed by atoms with Crippen LogP contribution >= 0.6 is 34.7 Å². The van der Waals surface area contributed by atoms with E-state index in [-0.39, 0.29) is 11.2 Å². The molecule has 7 heteroatoms. The first kappa shape index (κ1) is 17.8. The zero-order valence-corrected chi connectivity index (χ0v) is 16.3. The predicted octanol–water partition coefficient (Wildman–Crippen LogP) is 4.64. The zero-order chi connectivity index (χ0) is 17.9. The Hall–Kier alpha value is -1.60. The van der Waals surface area contributed by atoms with Gasteiger partial charge in [0.25, 0.3) is 0 Å². The molecule has 1 atom stereocenters. The SMILES string of the molecule is O=C([C@@H](Sc1nc2cc(Cl)ccc2s1)c1ccccc1)N1CCOCC1. The zero-order valence-electron chi connectivity index (χ0n) is 13.9. The van der Waals surface area contributed by atoms with E-state index in [1.54, 1.807) is 11.3 Å². The van der Waals surface area contributed by atoms with Crippen LogP contribution in [0.1, 0.15) is 10.8 Å². The number of halogens is 1. The number of morpholine rings is 1. The van der Waals surface area contributed by atoms with Gasteiger partial charge < -0.3 is 9.64 Å². The standard InChI is InChI=1S/C19H17ClN2O2S2/c20-14-6-7-16-15(12-14)21-19(25-16)26-17(13-4-2-1-3-5-13)18(23)22-8-10-24-11-9-22/h1-7,12,17H,8-11H2/t17-/m0/s1. The Morgan fingerprint density at radius 3 is 2.73 bits per heavy atom. The number of carbonyl (C=O) groups excluding carboxylic acids is 1. The lowest BCUT2D eigenvalue weighted by molar-refractivity contribution is -0.134. The molecule has 1 saturated heterocycles. The van der Waals surface area contributed by atoms with Crippen molar-refractivity contribution in [2.45, 2.75) is 9.59 Å². The Kier molecular flexibility index (Phi) is 5.45. The molecule has 1 fully saturated rings. The molecule has 0 aliphatic carbocycles. The molecule has 4 nitrogen and oxygen atoms in total. The van der Waals surface area contributed by atoms with Gasteiger partial charge in [-0.15, -0.1) is 11.3 Å². The lowest BCUT2D eigenvalue weighted by atomic mass is 10.1. The molecule has 2 aromatic carbocycles. The molecular weight excluding hydrogens is 388 g/mol. The lowest BCUT2D eigenvalue weighted by Crippen LogP contribution is -2.42. The number of rotatable bonds is 4. The van der Waals surface area contributed by atoms with Crippen molar-refractivity contribution in [3.8, 4) is 0 Å². The fourth-order valence-corrected chi connectivity index (χ4v) is 5.36. The summed E-state index contributed by atoms with van der Waals surface area (Å²) in [5.74, 6) is 0.113. The van der Waals surface area contributed by atoms with Crippen LogP contribution in [0, 0.1) is 0 Å². The van der Waals surface area contributed by atoms with E-state index >= 15 is 0 Å². The van der Waals surface area contributed by atoms with Crippen LogP contribution in [-0.2, 0) is 9.53 Å². The normalized spacial score (nSPS) is 16.0. The van der Waals surface area contributed by atoms with Gasteiger partial charge in [-0.05, 0) is 23.8 Å². The number of hydrogen-bond acceptors (Lipinski definition) is 5. The van der Waals surface area contributed by atoms with Crippen LogP contribution < -0.4 is 0 Å². The number of benzene rings is 2. The van der Waals surface area contributed by atoms with Gasteiger partial charge in [-0.3, -0.25) is 4.79 Å². The van der Waals surface area contributed by atoms with Crippen LogP contribution in [0.3, 0.4) is 0 Å². The first-order chi connectivity index (χ1) is 12.7. The third kappa shape index (κ3) is 3.88. The average Bonchev–Trinajstić information content (AvgIpc) is 3.08. The van der Waals surface area contributed by atoms with Gasteiger partial charge in [-0.2, -0.15) is 0 Å². The summed E-state index contributed by atoms with van der Waals surface area (Å²) in [6.07, 6.45) is 0. The number of nitrogens with zero attached hydrogens (tertiary/aromatic N) is 2. The maximum atomic E-state index is 13.2. The molecule has 1 amide bonds. The van der Waals surface area contributed by atoms with E-state index in [9.17, 15) is 4.79 Å². The summed E-state index contributed by atoms with van der Waals surface area (Å²) in [5.41, 5.74) is 1.86. The third-order valence-electron chi connectivity index (χ3n) is 4.20. The highest BCUT2D eigenvalue weighted by atomic mass is 35.5. The molecule has 26 heavy (non-hydrogen) atoms. The van der Waals surface area contributed by atoms with Crippen molar-refractivity contribution >= 4 is 50.8 Å². The Labute approximate surface area is 165 Å². The molecular formula is C19H17ClN2O2S2. The van der Waals surface area contributed by atoms with Crippen LogP contribution in [0.15, 0.2) is 52.9 Å². The smallest absolute Gasteiger partial charge is 0.240 e. The van der Waals surface area contributed by atoms with Crippen LogP contribution in [0.4, 0.5) is 0 Å². The summed E-state index contributed by atoms with van der Waals surface area (Å²) < 4.78 is 7.33.